The van der Waals surface area contributed by atoms with E-state index in [-0.39, 0.29) is 17.5 Å². The lowest BCUT2D eigenvalue weighted by Gasteiger charge is -2.47. The standard InChI is InChI=1S/C21H21FN4OS/c22-15-7-4-8-16(12-15)26-20(18-10-5-11-28-18)23-19(24-26)21(27)25-13-14-6-2-1-3-9-17(14)25/h4-5,7-8,10-12,14,17H,1-3,6,9,13H2. The van der Waals surface area contributed by atoms with Gasteiger partial charge in [-0.15, -0.1) is 16.4 Å². The molecule has 5 nitrogen and oxygen atoms in total. The Hall–Kier alpha value is -2.54. The molecular weight excluding hydrogens is 375 g/mol. The summed E-state index contributed by atoms with van der Waals surface area (Å²) in [6.45, 7) is 0.798. The normalized spacial score (nSPS) is 21.7. The number of thiophene rings is 1. The van der Waals surface area contributed by atoms with Crippen LogP contribution in [-0.4, -0.2) is 38.2 Å². The van der Waals surface area contributed by atoms with Crippen molar-refractivity contribution in [3.8, 4) is 16.4 Å². The smallest absolute Gasteiger partial charge is 0.293 e. The van der Waals surface area contributed by atoms with Crippen LogP contribution in [0.2, 0.25) is 0 Å². The monoisotopic (exact) mass is 396 g/mol. The van der Waals surface area contributed by atoms with Gasteiger partial charge in [0.05, 0.1) is 10.6 Å². The van der Waals surface area contributed by atoms with Crippen LogP contribution in [0.1, 0.15) is 42.7 Å². The van der Waals surface area contributed by atoms with E-state index in [2.05, 4.69) is 10.1 Å². The number of hydrogen-bond acceptors (Lipinski definition) is 4. The minimum atomic E-state index is -0.345. The van der Waals surface area contributed by atoms with Crippen LogP contribution in [0.3, 0.4) is 0 Å². The molecule has 2 fully saturated rings. The summed E-state index contributed by atoms with van der Waals surface area (Å²) >= 11 is 1.52. The summed E-state index contributed by atoms with van der Waals surface area (Å²) in [7, 11) is 0. The predicted octanol–water partition coefficient (Wildman–Crippen LogP) is 4.54. The molecule has 28 heavy (non-hydrogen) atoms. The lowest BCUT2D eigenvalue weighted by atomic mass is 9.84. The number of fused-ring (bicyclic) bond motifs is 1. The van der Waals surface area contributed by atoms with E-state index in [0.717, 1.165) is 17.8 Å². The van der Waals surface area contributed by atoms with E-state index in [1.165, 1.54) is 49.2 Å². The van der Waals surface area contributed by atoms with Crippen LogP contribution in [0.25, 0.3) is 16.4 Å². The molecule has 1 aliphatic carbocycles. The average Bonchev–Trinajstić information content (AvgIpc) is 3.32. The zero-order valence-electron chi connectivity index (χ0n) is 15.4. The molecule has 0 bridgehead atoms. The second-order valence-corrected chi connectivity index (χ2v) is 8.50. The van der Waals surface area contributed by atoms with Crippen molar-refractivity contribution in [2.75, 3.05) is 6.54 Å². The Bertz CT molecular complexity index is 1000. The molecule has 2 atom stereocenters. The molecule has 0 radical (unpaired) electrons. The van der Waals surface area contributed by atoms with E-state index < -0.39 is 0 Å². The van der Waals surface area contributed by atoms with E-state index in [1.54, 1.807) is 16.8 Å². The van der Waals surface area contributed by atoms with Crippen LogP contribution in [-0.2, 0) is 0 Å². The summed E-state index contributed by atoms with van der Waals surface area (Å²) in [5.74, 6) is 0.920. The van der Waals surface area contributed by atoms with Gasteiger partial charge in [-0.25, -0.2) is 14.1 Å². The summed E-state index contributed by atoms with van der Waals surface area (Å²) in [4.78, 5) is 20.5. The van der Waals surface area contributed by atoms with Crippen LogP contribution in [0.4, 0.5) is 4.39 Å². The lowest BCUT2D eigenvalue weighted by molar-refractivity contribution is 0.0112. The number of rotatable bonds is 3. The lowest BCUT2D eigenvalue weighted by Crippen LogP contribution is -2.58. The zero-order chi connectivity index (χ0) is 19.1. The first kappa shape index (κ1) is 17.6. The van der Waals surface area contributed by atoms with Gasteiger partial charge in [-0.3, -0.25) is 4.79 Å². The Morgan fingerprint density at radius 3 is 2.86 bits per heavy atom. The third-order valence-electron chi connectivity index (χ3n) is 5.80. The Labute approximate surface area is 166 Å². The Balaban J connectivity index is 1.50. The molecule has 0 N–H and O–H groups in total. The first-order chi connectivity index (χ1) is 13.7. The molecular formula is C21H21FN4OS. The van der Waals surface area contributed by atoms with Gasteiger partial charge in [0.25, 0.3) is 5.91 Å². The van der Waals surface area contributed by atoms with Gasteiger partial charge in [-0.2, -0.15) is 0 Å². The molecule has 2 aliphatic rings. The highest BCUT2D eigenvalue weighted by atomic mass is 32.1. The quantitative estimate of drug-likeness (QED) is 0.653. The van der Waals surface area contributed by atoms with Crippen molar-refractivity contribution in [2.24, 2.45) is 5.92 Å². The van der Waals surface area contributed by atoms with Crippen molar-refractivity contribution in [1.29, 1.82) is 0 Å². The van der Waals surface area contributed by atoms with Crippen molar-refractivity contribution < 1.29 is 9.18 Å². The number of amides is 1. The van der Waals surface area contributed by atoms with Crippen molar-refractivity contribution >= 4 is 17.2 Å². The molecule has 2 unspecified atom stereocenters. The van der Waals surface area contributed by atoms with Crippen molar-refractivity contribution in [1.82, 2.24) is 19.7 Å². The van der Waals surface area contributed by atoms with Gasteiger partial charge in [-0.1, -0.05) is 31.4 Å². The number of benzene rings is 1. The number of carbonyl (C=O) groups is 1. The van der Waals surface area contributed by atoms with Gasteiger partial charge in [0.15, 0.2) is 5.82 Å². The molecule has 3 heterocycles. The minimum absolute atomic E-state index is 0.115. The number of nitrogens with zero attached hydrogens (tertiary/aromatic N) is 4. The van der Waals surface area contributed by atoms with Crippen molar-refractivity contribution in [2.45, 2.75) is 38.1 Å². The van der Waals surface area contributed by atoms with E-state index in [4.69, 9.17) is 0 Å². The maximum Gasteiger partial charge on any atom is 0.293 e. The van der Waals surface area contributed by atoms with E-state index in [9.17, 15) is 9.18 Å². The first-order valence-corrected chi connectivity index (χ1v) is 10.7. The molecule has 144 valence electrons. The van der Waals surface area contributed by atoms with Crippen molar-refractivity contribution in [3.63, 3.8) is 0 Å². The summed E-state index contributed by atoms with van der Waals surface area (Å²) in [5, 5.41) is 6.45. The van der Waals surface area contributed by atoms with Crippen LogP contribution >= 0.6 is 11.3 Å². The van der Waals surface area contributed by atoms with Crippen molar-refractivity contribution in [3.05, 3.63) is 53.4 Å². The highest BCUT2D eigenvalue weighted by Gasteiger charge is 2.43. The minimum Gasteiger partial charge on any atom is -0.332 e. The predicted molar refractivity (Wildman–Crippen MR) is 106 cm³/mol. The zero-order valence-corrected chi connectivity index (χ0v) is 16.2. The fourth-order valence-electron chi connectivity index (χ4n) is 4.36. The fourth-order valence-corrected chi connectivity index (χ4v) is 5.05. The number of halogens is 1. The van der Waals surface area contributed by atoms with Gasteiger partial charge in [0.2, 0.25) is 5.82 Å². The van der Waals surface area contributed by atoms with Crippen LogP contribution in [0.15, 0.2) is 41.8 Å². The molecule has 1 aromatic carbocycles. The summed E-state index contributed by atoms with van der Waals surface area (Å²) < 4.78 is 15.4. The number of carbonyl (C=O) groups excluding carboxylic acids is 1. The second kappa shape index (κ2) is 7.13. The third-order valence-corrected chi connectivity index (χ3v) is 6.67. The largest absolute Gasteiger partial charge is 0.332 e. The van der Waals surface area contributed by atoms with Gasteiger partial charge in [0.1, 0.15) is 5.82 Å². The molecule has 5 rings (SSSR count). The highest BCUT2D eigenvalue weighted by Crippen LogP contribution is 2.37. The van der Waals surface area contributed by atoms with E-state index in [0.29, 0.717) is 23.5 Å². The molecule has 1 saturated heterocycles. The molecule has 1 saturated carbocycles. The first-order valence-electron chi connectivity index (χ1n) is 9.78. The summed E-state index contributed by atoms with van der Waals surface area (Å²) in [6, 6.07) is 10.4. The van der Waals surface area contributed by atoms with Gasteiger partial charge in [-0.05, 0) is 48.4 Å². The Morgan fingerprint density at radius 2 is 2.04 bits per heavy atom. The second-order valence-electron chi connectivity index (χ2n) is 7.55. The topological polar surface area (TPSA) is 51.0 Å². The SMILES string of the molecule is O=C(c1nc(-c2cccs2)n(-c2cccc(F)c2)n1)N1CC2CCCCCC21. The third kappa shape index (κ3) is 3.03. The molecule has 1 amide bonds. The number of hydrogen-bond donors (Lipinski definition) is 0. The Kier molecular flexibility index (Phi) is 4.47. The fraction of sp³-hybridized carbons (Fsp3) is 0.381. The molecule has 0 spiro atoms. The maximum absolute atomic E-state index is 13.8. The van der Waals surface area contributed by atoms with Crippen LogP contribution in [0, 0.1) is 11.7 Å². The van der Waals surface area contributed by atoms with Crippen LogP contribution < -0.4 is 0 Å². The van der Waals surface area contributed by atoms with E-state index >= 15 is 0 Å². The molecule has 1 aliphatic heterocycles. The summed E-state index contributed by atoms with van der Waals surface area (Å²) in [6.07, 6.45) is 5.97. The average molecular weight is 396 g/mol. The summed E-state index contributed by atoms with van der Waals surface area (Å²) in [5.41, 5.74) is 0.561. The molecule has 2 aromatic heterocycles. The highest BCUT2D eigenvalue weighted by molar-refractivity contribution is 7.13. The van der Waals surface area contributed by atoms with E-state index in [1.807, 2.05) is 22.4 Å². The number of aromatic nitrogens is 3. The molecule has 3 aromatic rings. The Morgan fingerprint density at radius 1 is 1.14 bits per heavy atom. The number of likely N-dealkylation sites (tertiary alicyclic amines) is 1. The van der Waals surface area contributed by atoms with Gasteiger partial charge in [0, 0.05) is 12.6 Å². The van der Waals surface area contributed by atoms with Gasteiger partial charge >= 0.3 is 0 Å². The maximum atomic E-state index is 13.8. The molecule has 7 heteroatoms. The van der Waals surface area contributed by atoms with Crippen LogP contribution in [0.5, 0.6) is 0 Å². The van der Waals surface area contributed by atoms with Gasteiger partial charge < -0.3 is 4.90 Å².